The van der Waals surface area contributed by atoms with E-state index in [9.17, 15) is 19.5 Å². The second kappa shape index (κ2) is 7.31. The van der Waals surface area contributed by atoms with Crippen molar-refractivity contribution in [3.8, 4) is 0 Å². The molecule has 1 saturated heterocycles. The van der Waals surface area contributed by atoms with E-state index in [0.717, 1.165) is 19.3 Å². The van der Waals surface area contributed by atoms with Gasteiger partial charge in [0.25, 0.3) is 5.91 Å². The largest absolute Gasteiger partial charge is 0.550 e. The van der Waals surface area contributed by atoms with E-state index in [-0.39, 0.29) is 23.7 Å². The van der Waals surface area contributed by atoms with Crippen molar-refractivity contribution in [2.75, 3.05) is 31.6 Å². The standard InChI is InChI=1S/C20H24N2O5/c23-18(16-13-1-2-14(11-13)17(16)20(25)26)21-15-5-3-12(4-6-15)19(24)22-7-9-27-10-8-22/h3-6,13-14,16-17H,1-2,7-11H2,(H,21,23)(H,25,26)/p-1/t13-,14-,16+,17-/m0/s1. The first-order valence-electron chi connectivity index (χ1n) is 9.53. The normalized spacial score (nSPS) is 29.6. The van der Waals surface area contributed by atoms with Gasteiger partial charge in [-0.1, -0.05) is 0 Å². The van der Waals surface area contributed by atoms with E-state index in [2.05, 4.69) is 5.32 Å². The van der Waals surface area contributed by atoms with Crippen molar-refractivity contribution in [3.63, 3.8) is 0 Å². The number of hydrogen-bond donors (Lipinski definition) is 1. The molecule has 7 nitrogen and oxygen atoms in total. The number of carbonyl (C=O) groups is 3. The van der Waals surface area contributed by atoms with Crippen LogP contribution in [0.15, 0.2) is 24.3 Å². The molecule has 2 aliphatic carbocycles. The first-order valence-corrected chi connectivity index (χ1v) is 9.53. The Morgan fingerprint density at radius 2 is 1.63 bits per heavy atom. The summed E-state index contributed by atoms with van der Waals surface area (Å²) in [6, 6.07) is 6.74. The minimum absolute atomic E-state index is 0.0544. The molecule has 1 N–H and O–H groups in total. The number of carbonyl (C=O) groups excluding carboxylic acids is 3. The van der Waals surface area contributed by atoms with Gasteiger partial charge in [0.15, 0.2) is 0 Å². The highest BCUT2D eigenvalue weighted by Gasteiger charge is 2.51. The van der Waals surface area contributed by atoms with Gasteiger partial charge in [0.1, 0.15) is 0 Å². The number of benzene rings is 1. The summed E-state index contributed by atoms with van der Waals surface area (Å²) in [4.78, 5) is 38.4. The number of hydrogen-bond acceptors (Lipinski definition) is 5. The highest BCUT2D eigenvalue weighted by Crippen LogP contribution is 2.52. The summed E-state index contributed by atoms with van der Waals surface area (Å²) in [6.07, 6.45) is 2.56. The highest BCUT2D eigenvalue weighted by molar-refractivity contribution is 5.97. The molecular formula is C20H23N2O5-. The maximum atomic E-state index is 12.7. The molecule has 0 unspecified atom stereocenters. The Morgan fingerprint density at radius 3 is 2.26 bits per heavy atom. The van der Waals surface area contributed by atoms with Gasteiger partial charge in [-0.3, -0.25) is 9.59 Å². The van der Waals surface area contributed by atoms with E-state index < -0.39 is 17.8 Å². The van der Waals surface area contributed by atoms with Crippen LogP contribution in [0.25, 0.3) is 0 Å². The monoisotopic (exact) mass is 371 g/mol. The number of amides is 2. The Kier molecular flexibility index (Phi) is 4.86. The molecule has 1 aromatic carbocycles. The zero-order valence-corrected chi connectivity index (χ0v) is 15.1. The zero-order chi connectivity index (χ0) is 19.0. The van der Waals surface area contributed by atoms with Gasteiger partial charge in [0.05, 0.1) is 13.2 Å². The minimum Gasteiger partial charge on any atom is -0.550 e. The molecule has 2 saturated carbocycles. The number of carboxylic acid groups (broad SMARTS) is 1. The lowest BCUT2D eigenvalue weighted by Crippen LogP contribution is -2.43. The molecule has 0 spiro atoms. The fraction of sp³-hybridized carbons (Fsp3) is 0.550. The lowest BCUT2D eigenvalue weighted by Gasteiger charge is -2.30. The van der Waals surface area contributed by atoms with E-state index in [1.807, 2.05) is 0 Å². The molecule has 1 aliphatic heterocycles. The Hall–Kier alpha value is -2.41. The van der Waals surface area contributed by atoms with Crippen molar-refractivity contribution < 1.29 is 24.2 Å². The van der Waals surface area contributed by atoms with Crippen LogP contribution in [0.4, 0.5) is 5.69 Å². The first-order chi connectivity index (χ1) is 13.0. The molecule has 2 amide bonds. The lowest BCUT2D eigenvalue weighted by molar-refractivity contribution is -0.314. The van der Waals surface area contributed by atoms with Gasteiger partial charge in [0.2, 0.25) is 5.91 Å². The van der Waals surface area contributed by atoms with Crippen LogP contribution in [-0.4, -0.2) is 49.0 Å². The van der Waals surface area contributed by atoms with Crippen LogP contribution in [0.2, 0.25) is 0 Å². The average molecular weight is 371 g/mol. The van der Waals surface area contributed by atoms with Crippen LogP contribution in [0, 0.1) is 23.7 Å². The number of fused-ring (bicyclic) bond motifs is 2. The number of nitrogens with zero attached hydrogens (tertiary/aromatic N) is 1. The predicted molar refractivity (Wildman–Crippen MR) is 94.6 cm³/mol. The van der Waals surface area contributed by atoms with Crippen molar-refractivity contribution in [1.82, 2.24) is 4.90 Å². The highest BCUT2D eigenvalue weighted by atomic mass is 16.5. The molecule has 144 valence electrons. The summed E-state index contributed by atoms with van der Waals surface area (Å²) < 4.78 is 5.26. The molecule has 7 heteroatoms. The van der Waals surface area contributed by atoms with Crippen LogP contribution < -0.4 is 10.4 Å². The molecule has 4 rings (SSSR count). The second-order valence-electron chi connectivity index (χ2n) is 7.67. The maximum Gasteiger partial charge on any atom is 0.254 e. The molecule has 0 aromatic heterocycles. The Balaban J connectivity index is 1.41. The summed E-state index contributed by atoms with van der Waals surface area (Å²) >= 11 is 0. The lowest BCUT2D eigenvalue weighted by atomic mass is 9.78. The van der Waals surface area contributed by atoms with Gasteiger partial charge in [0, 0.05) is 42.1 Å². The second-order valence-corrected chi connectivity index (χ2v) is 7.67. The van der Waals surface area contributed by atoms with Gasteiger partial charge in [-0.15, -0.1) is 0 Å². The van der Waals surface area contributed by atoms with Crippen molar-refractivity contribution in [2.24, 2.45) is 23.7 Å². The van der Waals surface area contributed by atoms with Crippen LogP contribution >= 0.6 is 0 Å². The quantitative estimate of drug-likeness (QED) is 0.831. The molecular weight excluding hydrogens is 348 g/mol. The third-order valence-electron chi connectivity index (χ3n) is 6.19. The summed E-state index contributed by atoms with van der Waals surface area (Å²) in [6.45, 7) is 2.24. The van der Waals surface area contributed by atoms with Gasteiger partial charge in [-0.05, 0) is 55.4 Å². The van der Waals surface area contributed by atoms with Gasteiger partial charge in [-0.25, -0.2) is 0 Å². The zero-order valence-electron chi connectivity index (χ0n) is 15.1. The Morgan fingerprint density at radius 1 is 1.00 bits per heavy atom. The Bertz CT molecular complexity index is 741. The molecule has 3 fully saturated rings. The molecule has 4 atom stereocenters. The number of ether oxygens (including phenoxy) is 1. The topological polar surface area (TPSA) is 98.8 Å². The van der Waals surface area contributed by atoms with E-state index in [0.29, 0.717) is 37.6 Å². The number of morpholine rings is 1. The van der Waals surface area contributed by atoms with E-state index >= 15 is 0 Å². The molecule has 1 aromatic rings. The molecule has 0 radical (unpaired) electrons. The number of anilines is 1. The summed E-state index contributed by atoms with van der Waals surface area (Å²) in [5.74, 6) is -2.46. The average Bonchev–Trinajstić information content (AvgIpc) is 3.30. The fourth-order valence-corrected chi connectivity index (χ4v) is 4.88. The molecule has 2 bridgehead atoms. The number of rotatable bonds is 4. The van der Waals surface area contributed by atoms with Crippen LogP contribution in [-0.2, 0) is 14.3 Å². The third kappa shape index (κ3) is 3.43. The van der Waals surface area contributed by atoms with Crippen molar-refractivity contribution in [2.45, 2.75) is 19.3 Å². The maximum absolute atomic E-state index is 12.7. The molecule has 1 heterocycles. The first kappa shape index (κ1) is 18.0. The Labute approximate surface area is 157 Å². The number of carboxylic acids is 1. The van der Waals surface area contributed by atoms with Crippen molar-refractivity contribution in [3.05, 3.63) is 29.8 Å². The SMILES string of the molecule is O=C(Nc1ccc(C(=O)N2CCOCC2)cc1)[C@@H]1[C@H]2CC[C@@H](C2)[C@@H]1C(=O)[O-]. The van der Waals surface area contributed by atoms with Crippen molar-refractivity contribution in [1.29, 1.82) is 0 Å². The van der Waals surface area contributed by atoms with E-state index in [4.69, 9.17) is 4.74 Å². The fourth-order valence-electron chi connectivity index (χ4n) is 4.88. The number of nitrogens with one attached hydrogen (secondary N) is 1. The summed E-state index contributed by atoms with van der Waals surface area (Å²) in [5.41, 5.74) is 1.13. The minimum atomic E-state index is -1.12. The molecule has 3 aliphatic rings. The number of aliphatic carboxylic acids is 1. The van der Waals surface area contributed by atoms with Crippen LogP contribution in [0.5, 0.6) is 0 Å². The van der Waals surface area contributed by atoms with E-state index in [1.54, 1.807) is 29.2 Å². The van der Waals surface area contributed by atoms with Gasteiger partial charge >= 0.3 is 0 Å². The predicted octanol–water partition coefficient (Wildman–Crippen LogP) is 0.510. The smallest absolute Gasteiger partial charge is 0.254 e. The van der Waals surface area contributed by atoms with Gasteiger partial charge < -0.3 is 24.9 Å². The third-order valence-corrected chi connectivity index (χ3v) is 6.19. The van der Waals surface area contributed by atoms with Gasteiger partial charge in [-0.2, -0.15) is 0 Å². The van der Waals surface area contributed by atoms with Crippen molar-refractivity contribution >= 4 is 23.5 Å². The van der Waals surface area contributed by atoms with Crippen LogP contribution in [0.1, 0.15) is 29.6 Å². The molecule has 27 heavy (non-hydrogen) atoms. The summed E-state index contributed by atoms with van der Waals surface area (Å²) in [7, 11) is 0. The van der Waals surface area contributed by atoms with E-state index in [1.165, 1.54) is 0 Å². The summed E-state index contributed by atoms with van der Waals surface area (Å²) in [5, 5.41) is 14.3. The van der Waals surface area contributed by atoms with Crippen LogP contribution in [0.3, 0.4) is 0 Å².